The Hall–Kier alpha value is -1.26. The van der Waals surface area contributed by atoms with Gasteiger partial charge in [-0.3, -0.25) is 0 Å². The van der Waals surface area contributed by atoms with Gasteiger partial charge in [0.1, 0.15) is 0 Å². The molecule has 0 spiro atoms. The molecule has 96 valence electrons. The lowest BCUT2D eigenvalue weighted by atomic mass is 10.2. The van der Waals surface area contributed by atoms with E-state index in [0.29, 0.717) is 26.4 Å². The molecule has 0 unspecified atom stereocenters. The maximum Gasteiger partial charge on any atom is 0.161 e. The highest BCUT2D eigenvalue weighted by Crippen LogP contribution is 2.27. The average Bonchev–Trinajstić information content (AvgIpc) is 2.35. The van der Waals surface area contributed by atoms with Gasteiger partial charge in [0.05, 0.1) is 20.3 Å². The summed E-state index contributed by atoms with van der Waals surface area (Å²) in [5.41, 5.74) is 6.47. The van der Waals surface area contributed by atoms with Gasteiger partial charge in [0, 0.05) is 19.6 Å². The lowest BCUT2D eigenvalue weighted by Gasteiger charge is -2.11. The van der Waals surface area contributed by atoms with E-state index in [1.54, 1.807) is 7.11 Å². The Morgan fingerprint density at radius 1 is 1.12 bits per heavy atom. The van der Waals surface area contributed by atoms with E-state index in [9.17, 15) is 0 Å². The third-order valence-corrected chi connectivity index (χ3v) is 2.27. The van der Waals surface area contributed by atoms with Crippen molar-refractivity contribution in [2.24, 2.45) is 5.73 Å². The normalized spacial score (nSPS) is 10.3. The molecule has 4 heteroatoms. The summed E-state index contributed by atoms with van der Waals surface area (Å²) in [6.45, 7) is 4.48. The summed E-state index contributed by atoms with van der Waals surface area (Å²) in [6.07, 6.45) is 0.844. The molecule has 0 saturated carbocycles. The van der Waals surface area contributed by atoms with E-state index in [-0.39, 0.29) is 0 Å². The highest BCUT2D eigenvalue weighted by molar-refractivity contribution is 5.42. The third kappa shape index (κ3) is 5.06. The van der Waals surface area contributed by atoms with Crippen molar-refractivity contribution in [3.05, 3.63) is 23.8 Å². The molecule has 0 aliphatic heterocycles. The largest absolute Gasteiger partial charge is 0.493 e. The molecule has 0 aromatic heterocycles. The number of aryl methyl sites for hydroxylation is 1. The summed E-state index contributed by atoms with van der Waals surface area (Å²) in [7, 11) is 1.64. The average molecular weight is 239 g/mol. The van der Waals surface area contributed by atoms with E-state index < -0.39 is 0 Å². The number of nitrogens with two attached hydrogens (primary N) is 1. The van der Waals surface area contributed by atoms with E-state index >= 15 is 0 Å². The van der Waals surface area contributed by atoms with E-state index in [1.165, 1.54) is 0 Å². The second-order valence-electron chi connectivity index (χ2n) is 3.76. The maximum atomic E-state index is 5.63. The molecule has 0 radical (unpaired) electrons. The molecule has 0 amide bonds. The minimum Gasteiger partial charge on any atom is -0.493 e. The molecule has 0 atom stereocenters. The van der Waals surface area contributed by atoms with Crippen LogP contribution in [-0.2, 0) is 4.74 Å². The van der Waals surface area contributed by atoms with E-state index in [1.807, 2.05) is 25.1 Å². The summed E-state index contributed by atoms with van der Waals surface area (Å²) in [5, 5.41) is 0. The standard InChI is InChI=1S/C13H21NO3/c1-11-4-5-12(13(10-11)15-2)17-8-3-7-16-9-6-14/h4-5,10H,3,6-9,14H2,1-2H3. The van der Waals surface area contributed by atoms with Gasteiger partial charge in [0.15, 0.2) is 11.5 Å². The number of hydrogen-bond acceptors (Lipinski definition) is 4. The molecule has 1 rings (SSSR count). The van der Waals surface area contributed by atoms with Crippen molar-refractivity contribution in [1.82, 2.24) is 0 Å². The molecule has 1 aromatic rings. The quantitative estimate of drug-likeness (QED) is 0.702. The Bertz CT molecular complexity index is 328. The van der Waals surface area contributed by atoms with Gasteiger partial charge in [-0.05, 0) is 24.6 Å². The molecule has 0 bridgehead atoms. The first-order valence-corrected chi connectivity index (χ1v) is 5.83. The van der Waals surface area contributed by atoms with Gasteiger partial charge < -0.3 is 19.9 Å². The van der Waals surface area contributed by atoms with Crippen molar-refractivity contribution in [3.63, 3.8) is 0 Å². The Labute approximate surface area is 103 Å². The third-order valence-electron chi connectivity index (χ3n) is 2.27. The summed E-state index contributed by atoms with van der Waals surface area (Å²) in [6, 6.07) is 5.89. The summed E-state index contributed by atoms with van der Waals surface area (Å²) in [4.78, 5) is 0. The minimum atomic E-state index is 0.562. The molecule has 0 saturated heterocycles. The van der Waals surface area contributed by atoms with Crippen LogP contribution in [0.2, 0.25) is 0 Å². The fraction of sp³-hybridized carbons (Fsp3) is 0.538. The van der Waals surface area contributed by atoms with Crippen molar-refractivity contribution in [2.45, 2.75) is 13.3 Å². The Balaban J connectivity index is 2.31. The highest BCUT2D eigenvalue weighted by Gasteiger charge is 2.03. The maximum absolute atomic E-state index is 5.63. The van der Waals surface area contributed by atoms with Gasteiger partial charge in [-0.25, -0.2) is 0 Å². The number of ether oxygens (including phenoxy) is 3. The zero-order valence-electron chi connectivity index (χ0n) is 10.6. The zero-order chi connectivity index (χ0) is 12.5. The van der Waals surface area contributed by atoms with Crippen molar-refractivity contribution >= 4 is 0 Å². The molecule has 0 aliphatic carbocycles. The number of methoxy groups -OCH3 is 1. The van der Waals surface area contributed by atoms with Crippen LogP contribution in [0.4, 0.5) is 0 Å². The Morgan fingerprint density at radius 2 is 1.94 bits per heavy atom. The van der Waals surface area contributed by atoms with E-state index in [2.05, 4.69) is 0 Å². The van der Waals surface area contributed by atoms with Gasteiger partial charge in [0.25, 0.3) is 0 Å². The monoisotopic (exact) mass is 239 g/mol. The van der Waals surface area contributed by atoms with Crippen LogP contribution in [0.25, 0.3) is 0 Å². The molecule has 17 heavy (non-hydrogen) atoms. The lowest BCUT2D eigenvalue weighted by Crippen LogP contribution is -2.10. The van der Waals surface area contributed by atoms with Crippen LogP contribution in [0.15, 0.2) is 18.2 Å². The van der Waals surface area contributed by atoms with Gasteiger partial charge in [0.2, 0.25) is 0 Å². The summed E-state index contributed by atoms with van der Waals surface area (Å²) < 4.78 is 16.1. The van der Waals surface area contributed by atoms with Crippen LogP contribution < -0.4 is 15.2 Å². The highest BCUT2D eigenvalue weighted by atomic mass is 16.5. The Morgan fingerprint density at radius 3 is 2.65 bits per heavy atom. The van der Waals surface area contributed by atoms with Gasteiger partial charge >= 0.3 is 0 Å². The predicted molar refractivity (Wildman–Crippen MR) is 67.7 cm³/mol. The second kappa shape index (κ2) is 7.92. The van der Waals surface area contributed by atoms with Gasteiger partial charge in [-0.15, -0.1) is 0 Å². The molecule has 0 fully saturated rings. The van der Waals surface area contributed by atoms with Crippen molar-refractivity contribution in [3.8, 4) is 11.5 Å². The zero-order valence-corrected chi connectivity index (χ0v) is 10.6. The predicted octanol–water partition coefficient (Wildman–Crippen LogP) is 1.75. The molecule has 2 N–H and O–H groups in total. The summed E-state index contributed by atoms with van der Waals surface area (Å²) in [5.74, 6) is 1.55. The van der Waals surface area contributed by atoms with Crippen molar-refractivity contribution in [2.75, 3.05) is 33.5 Å². The minimum absolute atomic E-state index is 0.562. The smallest absolute Gasteiger partial charge is 0.161 e. The number of hydrogen-bond donors (Lipinski definition) is 1. The molecule has 0 aliphatic rings. The first-order valence-electron chi connectivity index (χ1n) is 5.83. The fourth-order valence-electron chi connectivity index (χ4n) is 1.42. The van der Waals surface area contributed by atoms with Crippen LogP contribution in [-0.4, -0.2) is 33.5 Å². The number of benzene rings is 1. The molecular weight excluding hydrogens is 218 g/mol. The van der Waals surface area contributed by atoms with Crippen LogP contribution in [0, 0.1) is 6.92 Å². The fourth-order valence-corrected chi connectivity index (χ4v) is 1.42. The molecule has 1 aromatic carbocycles. The second-order valence-corrected chi connectivity index (χ2v) is 3.76. The molecular formula is C13H21NO3. The molecule has 0 heterocycles. The Kier molecular flexibility index (Phi) is 6.43. The topological polar surface area (TPSA) is 53.7 Å². The van der Waals surface area contributed by atoms with Crippen molar-refractivity contribution < 1.29 is 14.2 Å². The van der Waals surface area contributed by atoms with Gasteiger partial charge in [-0.2, -0.15) is 0 Å². The first kappa shape index (κ1) is 13.8. The molecule has 4 nitrogen and oxygen atoms in total. The van der Waals surface area contributed by atoms with Crippen molar-refractivity contribution in [1.29, 1.82) is 0 Å². The van der Waals surface area contributed by atoms with E-state index in [4.69, 9.17) is 19.9 Å². The van der Waals surface area contributed by atoms with Crippen LogP contribution in [0.1, 0.15) is 12.0 Å². The van der Waals surface area contributed by atoms with Crippen LogP contribution in [0.3, 0.4) is 0 Å². The van der Waals surface area contributed by atoms with Crippen LogP contribution >= 0.6 is 0 Å². The number of rotatable bonds is 8. The van der Waals surface area contributed by atoms with E-state index in [0.717, 1.165) is 23.5 Å². The van der Waals surface area contributed by atoms with Gasteiger partial charge in [-0.1, -0.05) is 6.07 Å². The lowest BCUT2D eigenvalue weighted by molar-refractivity contribution is 0.125. The van der Waals surface area contributed by atoms with Crippen LogP contribution in [0.5, 0.6) is 11.5 Å². The SMILES string of the molecule is COc1cc(C)ccc1OCCCOCCN. The summed E-state index contributed by atoms with van der Waals surface area (Å²) >= 11 is 0. The first-order chi connectivity index (χ1) is 8.27.